The summed E-state index contributed by atoms with van der Waals surface area (Å²) in [5, 5.41) is 15.3. The van der Waals surface area contributed by atoms with Crippen LogP contribution in [0.25, 0.3) is 16.5 Å². The highest BCUT2D eigenvalue weighted by molar-refractivity contribution is 5.99. The maximum absolute atomic E-state index is 13.1. The standard InChI is InChI=1S/C24H23N3O5/c1-14-18(23(29)26-9-7-24(3,30)13-26)11-27-22(14)20(6-8-25-27)32-16-4-5-17-19(12-28)15(2)31-21(17)10-16/h4-6,8,10-12,30H,7,9,13H2,1-3H3. The molecule has 5 rings (SSSR count). The number of carbonyl (C=O) groups excluding carboxylic acids is 2. The summed E-state index contributed by atoms with van der Waals surface area (Å²) in [4.78, 5) is 26.1. The molecular formula is C24H23N3O5. The van der Waals surface area contributed by atoms with E-state index in [-0.39, 0.29) is 5.91 Å². The fourth-order valence-corrected chi connectivity index (χ4v) is 4.37. The predicted molar refractivity (Wildman–Crippen MR) is 117 cm³/mol. The summed E-state index contributed by atoms with van der Waals surface area (Å²) in [6, 6.07) is 7.05. The average Bonchev–Trinajstić information content (AvgIpc) is 3.39. The van der Waals surface area contributed by atoms with Crippen LogP contribution in [0.4, 0.5) is 0 Å². The lowest BCUT2D eigenvalue weighted by Gasteiger charge is -2.18. The second kappa shape index (κ2) is 7.20. The molecule has 0 bridgehead atoms. The van der Waals surface area contributed by atoms with Crippen LogP contribution < -0.4 is 4.74 Å². The molecule has 1 aliphatic heterocycles. The van der Waals surface area contributed by atoms with E-state index in [9.17, 15) is 14.7 Å². The van der Waals surface area contributed by atoms with Crippen molar-refractivity contribution >= 4 is 28.7 Å². The van der Waals surface area contributed by atoms with Crippen LogP contribution in [0.3, 0.4) is 0 Å². The van der Waals surface area contributed by atoms with Gasteiger partial charge in [0.2, 0.25) is 0 Å². The van der Waals surface area contributed by atoms with Crippen molar-refractivity contribution in [3.05, 3.63) is 59.1 Å². The number of rotatable bonds is 4. The predicted octanol–water partition coefficient (Wildman–Crippen LogP) is 3.90. The number of ether oxygens (including phenoxy) is 1. The minimum atomic E-state index is -0.859. The smallest absolute Gasteiger partial charge is 0.255 e. The fraction of sp³-hybridized carbons (Fsp3) is 0.292. The Hall–Kier alpha value is -3.65. The number of nitrogens with zero attached hydrogens (tertiary/aromatic N) is 3. The molecule has 1 saturated heterocycles. The Labute approximate surface area is 184 Å². The quantitative estimate of drug-likeness (QED) is 0.490. The number of aryl methyl sites for hydroxylation is 2. The largest absolute Gasteiger partial charge is 0.460 e. The number of aliphatic hydroxyl groups is 1. The molecule has 4 aromatic rings. The monoisotopic (exact) mass is 433 g/mol. The molecule has 1 aliphatic rings. The minimum absolute atomic E-state index is 0.134. The molecular weight excluding hydrogens is 410 g/mol. The van der Waals surface area contributed by atoms with Crippen LogP contribution in [-0.2, 0) is 0 Å². The zero-order chi connectivity index (χ0) is 22.6. The maximum Gasteiger partial charge on any atom is 0.255 e. The zero-order valence-corrected chi connectivity index (χ0v) is 18.1. The Kier molecular flexibility index (Phi) is 4.56. The molecule has 1 atom stereocenters. The molecule has 4 heterocycles. The molecule has 0 aliphatic carbocycles. The summed E-state index contributed by atoms with van der Waals surface area (Å²) in [7, 11) is 0. The van der Waals surface area contributed by atoms with Gasteiger partial charge in [0.1, 0.15) is 22.6 Å². The molecule has 1 amide bonds. The summed E-state index contributed by atoms with van der Waals surface area (Å²) >= 11 is 0. The SMILES string of the molecule is Cc1oc2cc(Oc3ccnn4cc(C(=O)N5CCC(C)(O)C5)c(C)c34)ccc2c1C=O. The summed E-state index contributed by atoms with van der Waals surface area (Å²) in [6.07, 6.45) is 4.65. The number of likely N-dealkylation sites (tertiary alicyclic amines) is 1. The Bertz CT molecular complexity index is 1380. The van der Waals surface area contributed by atoms with Gasteiger partial charge >= 0.3 is 0 Å². The van der Waals surface area contributed by atoms with Gasteiger partial charge in [-0.25, -0.2) is 4.52 Å². The van der Waals surface area contributed by atoms with Crippen molar-refractivity contribution < 1.29 is 23.8 Å². The molecule has 0 radical (unpaired) electrons. The van der Waals surface area contributed by atoms with Gasteiger partial charge in [0.15, 0.2) is 12.0 Å². The lowest BCUT2D eigenvalue weighted by molar-refractivity contribution is 0.0572. The number of amides is 1. The van der Waals surface area contributed by atoms with Gasteiger partial charge in [-0.05, 0) is 44.9 Å². The van der Waals surface area contributed by atoms with E-state index in [1.165, 1.54) is 0 Å². The Morgan fingerprint density at radius 2 is 2.12 bits per heavy atom. The third kappa shape index (κ3) is 3.23. The van der Waals surface area contributed by atoms with Crippen LogP contribution >= 0.6 is 0 Å². The van der Waals surface area contributed by atoms with E-state index in [1.54, 1.807) is 59.9 Å². The van der Waals surface area contributed by atoms with Crippen molar-refractivity contribution in [1.29, 1.82) is 0 Å². The number of hydrogen-bond donors (Lipinski definition) is 1. The number of fused-ring (bicyclic) bond motifs is 2. The zero-order valence-electron chi connectivity index (χ0n) is 18.1. The second-order valence-corrected chi connectivity index (χ2v) is 8.58. The van der Waals surface area contributed by atoms with E-state index in [0.29, 0.717) is 59.0 Å². The van der Waals surface area contributed by atoms with Crippen molar-refractivity contribution in [1.82, 2.24) is 14.5 Å². The lowest BCUT2D eigenvalue weighted by atomic mass is 10.1. The summed E-state index contributed by atoms with van der Waals surface area (Å²) in [5.41, 5.74) is 2.20. The van der Waals surface area contributed by atoms with Gasteiger partial charge in [-0.2, -0.15) is 5.10 Å². The van der Waals surface area contributed by atoms with E-state index in [2.05, 4.69) is 5.10 Å². The van der Waals surface area contributed by atoms with Gasteiger partial charge in [-0.15, -0.1) is 0 Å². The molecule has 1 fully saturated rings. The first-order valence-corrected chi connectivity index (χ1v) is 10.4. The van der Waals surface area contributed by atoms with E-state index in [4.69, 9.17) is 9.15 Å². The molecule has 3 aromatic heterocycles. The molecule has 8 heteroatoms. The topological polar surface area (TPSA) is 97.3 Å². The highest BCUT2D eigenvalue weighted by Crippen LogP contribution is 2.34. The van der Waals surface area contributed by atoms with Gasteiger partial charge < -0.3 is 19.2 Å². The summed E-state index contributed by atoms with van der Waals surface area (Å²) in [6.45, 7) is 6.17. The van der Waals surface area contributed by atoms with Gasteiger partial charge in [0.25, 0.3) is 5.91 Å². The third-order valence-corrected chi connectivity index (χ3v) is 6.09. The van der Waals surface area contributed by atoms with Gasteiger partial charge in [-0.1, -0.05) is 0 Å². The van der Waals surface area contributed by atoms with Crippen LogP contribution in [0.15, 0.2) is 41.1 Å². The van der Waals surface area contributed by atoms with Crippen molar-refractivity contribution in [2.45, 2.75) is 32.8 Å². The highest BCUT2D eigenvalue weighted by Gasteiger charge is 2.35. The normalized spacial score (nSPS) is 18.6. The number of furan rings is 1. The summed E-state index contributed by atoms with van der Waals surface area (Å²) in [5.74, 6) is 1.51. The van der Waals surface area contributed by atoms with Crippen molar-refractivity contribution in [3.63, 3.8) is 0 Å². The number of aromatic nitrogens is 2. The number of carbonyl (C=O) groups is 2. The van der Waals surface area contributed by atoms with Gasteiger partial charge in [0, 0.05) is 36.8 Å². The van der Waals surface area contributed by atoms with Crippen LogP contribution in [0.1, 0.15) is 45.4 Å². The fourth-order valence-electron chi connectivity index (χ4n) is 4.37. The Morgan fingerprint density at radius 1 is 1.31 bits per heavy atom. The van der Waals surface area contributed by atoms with Crippen LogP contribution in [-0.4, -0.2) is 50.5 Å². The van der Waals surface area contributed by atoms with E-state index in [0.717, 1.165) is 17.2 Å². The molecule has 1 aromatic carbocycles. The Balaban J connectivity index is 1.51. The van der Waals surface area contributed by atoms with E-state index >= 15 is 0 Å². The number of aldehydes is 1. The molecule has 0 saturated carbocycles. The number of β-amino-alcohol motifs (C(OH)–C–C–N with tert-alkyl or cyclic N) is 1. The maximum atomic E-state index is 13.1. The first-order chi connectivity index (χ1) is 15.3. The molecule has 1 unspecified atom stereocenters. The van der Waals surface area contributed by atoms with Crippen molar-refractivity contribution in [3.8, 4) is 11.5 Å². The average molecular weight is 433 g/mol. The highest BCUT2D eigenvalue weighted by atomic mass is 16.5. The molecule has 0 spiro atoms. The molecule has 1 N–H and O–H groups in total. The van der Waals surface area contributed by atoms with Crippen LogP contribution in [0.2, 0.25) is 0 Å². The first-order valence-electron chi connectivity index (χ1n) is 10.4. The number of hydrogen-bond acceptors (Lipinski definition) is 6. The van der Waals surface area contributed by atoms with Crippen LogP contribution in [0, 0.1) is 13.8 Å². The minimum Gasteiger partial charge on any atom is -0.460 e. The second-order valence-electron chi connectivity index (χ2n) is 8.58. The first kappa shape index (κ1) is 20.3. The van der Waals surface area contributed by atoms with E-state index in [1.807, 2.05) is 6.92 Å². The Morgan fingerprint density at radius 3 is 2.84 bits per heavy atom. The number of benzene rings is 1. The summed E-state index contributed by atoms with van der Waals surface area (Å²) < 4.78 is 13.5. The molecule has 8 nitrogen and oxygen atoms in total. The van der Waals surface area contributed by atoms with Gasteiger partial charge in [-0.3, -0.25) is 9.59 Å². The van der Waals surface area contributed by atoms with Crippen molar-refractivity contribution in [2.75, 3.05) is 13.1 Å². The van der Waals surface area contributed by atoms with E-state index < -0.39 is 5.60 Å². The lowest BCUT2D eigenvalue weighted by Crippen LogP contribution is -2.34. The molecule has 164 valence electrons. The third-order valence-electron chi connectivity index (χ3n) is 6.09. The van der Waals surface area contributed by atoms with Crippen molar-refractivity contribution in [2.24, 2.45) is 0 Å². The van der Waals surface area contributed by atoms with Gasteiger partial charge in [0.05, 0.1) is 22.9 Å². The van der Waals surface area contributed by atoms with Crippen LogP contribution in [0.5, 0.6) is 11.5 Å². The molecule has 32 heavy (non-hydrogen) atoms.